The standard InChI is InChI=1S/C8H8N2O/c1-6-3-5-11-8(6)7(10)2-4-9/h2-3,5H,10H2,1H3/b7-2-. The maximum Gasteiger partial charge on any atom is 0.153 e. The van der Waals surface area contributed by atoms with Gasteiger partial charge in [-0.3, -0.25) is 0 Å². The average Bonchev–Trinajstić information content (AvgIpc) is 2.36. The van der Waals surface area contributed by atoms with Crippen LogP contribution in [0.5, 0.6) is 0 Å². The van der Waals surface area contributed by atoms with Crippen LogP contribution in [0.25, 0.3) is 5.70 Å². The summed E-state index contributed by atoms with van der Waals surface area (Å²) in [6.07, 6.45) is 2.80. The third-order valence-electron chi connectivity index (χ3n) is 1.34. The summed E-state index contributed by atoms with van der Waals surface area (Å²) in [7, 11) is 0. The second kappa shape index (κ2) is 2.93. The van der Waals surface area contributed by atoms with Crippen molar-refractivity contribution < 1.29 is 4.42 Å². The van der Waals surface area contributed by atoms with Gasteiger partial charge >= 0.3 is 0 Å². The van der Waals surface area contributed by atoms with Crippen molar-refractivity contribution in [2.24, 2.45) is 5.73 Å². The summed E-state index contributed by atoms with van der Waals surface area (Å²) < 4.78 is 5.03. The van der Waals surface area contributed by atoms with Crippen molar-refractivity contribution in [1.29, 1.82) is 5.26 Å². The molecule has 0 amide bonds. The van der Waals surface area contributed by atoms with Gasteiger partial charge in [0, 0.05) is 6.08 Å². The summed E-state index contributed by atoms with van der Waals surface area (Å²) in [6.45, 7) is 1.87. The van der Waals surface area contributed by atoms with Gasteiger partial charge in [0.25, 0.3) is 0 Å². The molecule has 1 heterocycles. The molecule has 0 fully saturated rings. The van der Waals surface area contributed by atoms with Crippen molar-refractivity contribution in [2.75, 3.05) is 0 Å². The van der Waals surface area contributed by atoms with Gasteiger partial charge in [0.15, 0.2) is 5.76 Å². The van der Waals surface area contributed by atoms with Gasteiger partial charge in [0.05, 0.1) is 18.0 Å². The molecule has 0 aromatic carbocycles. The molecule has 3 heteroatoms. The topological polar surface area (TPSA) is 62.9 Å². The maximum atomic E-state index is 8.28. The minimum Gasteiger partial charge on any atom is -0.463 e. The van der Waals surface area contributed by atoms with Crippen LogP contribution < -0.4 is 5.73 Å². The quantitative estimate of drug-likeness (QED) is 0.612. The molecule has 56 valence electrons. The molecule has 0 aliphatic rings. The SMILES string of the molecule is Cc1ccoc1/C(N)=C/C#N. The molecule has 0 radical (unpaired) electrons. The van der Waals surface area contributed by atoms with Gasteiger partial charge in [-0.25, -0.2) is 0 Å². The molecule has 0 aliphatic carbocycles. The van der Waals surface area contributed by atoms with Crippen molar-refractivity contribution in [2.45, 2.75) is 6.92 Å². The molecule has 11 heavy (non-hydrogen) atoms. The summed E-state index contributed by atoms with van der Waals surface area (Å²) in [5.74, 6) is 0.576. The molecule has 3 nitrogen and oxygen atoms in total. The maximum absolute atomic E-state index is 8.28. The number of nitrogens with zero attached hydrogens (tertiary/aromatic N) is 1. The smallest absolute Gasteiger partial charge is 0.153 e. The summed E-state index contributed by atoms with van der Waals surface area (Å²) in [6, 6.07) is 3.63. The summed E-state index contributed by atoms with van der Waals surface area (Å²) in [5, 5.41) is 8.28. The fraction of sp³-hybridized carbons (Fsp3) is 0.125. The van der Waals surface area contributed by atoms with Crippen LogP contribution in [-0.4, -0.2) is 0 Å². The Morgan fingerprint density at radius 3 is 3.00 bits per heavy atom. The van der Waals surface area contributed by atoms with Crippen LogP contribution in [0.1, 0.15) is 11.3 Å². The largest absolute Gasteiger partial charge is 0.463 e. The van der Waals surface area contributed by atoms with Crippen molar-refractivity contribution in [3.05, 3.63) is 29.7 Å². The molecule has 0 aliphatic heterocycles. The predicted molar refractivity (Wildman–Crippen MR) is 41.2 cm³/mol. The number of allylic oxidation sites excluding steroid dienone is 1. The molecule has 1 aromatic rings. The Balaban J connectivity index is 3.04. The average molecular weight is 148 g/mol. The highest BCUT2D eigenvalue weighted by Crippen LogP contribution is 2.14. The van der Waals surface area contributed by atoms with E-state index in [1.54, 1.807) is 12.3 Å². The van der Waals surface area contributed by atoms with E-state index < -0.39 is 0 Å². The zero-order valence-electron chi connectivity index (χ0n) is 6.16. The van der Waals surface area contributed by atoms with Gasteiger partial charge in [-0.2, -0.15) is 5.26 Å². The van der Waals surface area contributed by atoms with Crippen LogP contribution in [0.4, 0.5) is 0 Å². The van der Waals surface area contributed by atoms with Crippen molar-refractivity contribution in [3.63, 3.8) is 0 Å². The highest BCUT2D eigenvalue weighted by Gasteiger charge is 2.03. The van der Waals surface area contributed by atoms with E-state index in [-0.39, 0.29) is 0 Å². The highest BCUT2D eigenvalue weighted by molar-refractivity contribution is 5.62. The molecule has 0 unspecified atom stereocenters. The van der Waals surface area contributed by atoms with Gasteiger partial charge in [0.2, 0.25) is 0 Å². The van der Waals surface area contributed by atoms with Gasteiger partial charge in [0.1, 0.15) is 0 Å². The van der Waals surface area contributed by atoms with E-state index in [0.29, 0.717) is 11.5 Å². The van der Waals surface area contributed by atoms with Crippen LogP contribution in [0.2, 0.25) is 0 Å². The first-order valence-electron chi connectivity index (χ1n) is 3.15. The molecule has 0 saturated heterocycles. The van der Waals surface area contributed by atoms with Crippen molar-refractivity contribution in [3.8, 4) is 6.07 Å². The molecule has 0 atom stereocenters. The Labute approximate surface area is 64.7 Å². The zero-order chi connectivity index (χ0) is 8.27. The van der Waals surface area contributed by atoms with Crippen LogP contribution >= 0.6 is 0 Å². The fourth-order valence-corrected chi connectivity index (χ4v) is 0.804. The third-order valence-corrected chi connectivity index (χ3v) is 1.34. The number of hydrogen-bond acceptors (Lipinski definition) is 3. The second-order valence-electron chi connectivity index (χ2n) is 2.16. The van der Waals surface area contributed by atoms with Crippen LogP contribution in [0, 0.1) is 18.3 Å². The number of aryl methyl sites for hydroxylation is 1. The lowest BCUT2D eigenvalue weighted by molar-refractivity contribution is 0.550. The Kier molecular flexibility index (Phi) is 1.98. The summed E-state index contributed by atoms with van der Waals surface area (Å²) in [4.78, 5) is 0. The molecule has 0 spiro atoms. The molecule has 1 rings (SSSR count). The highest BCUT2D eigenvalue weighted by atomic mass is 16.3. The lowest BCUT2D eigenvalue weighted by atomic mass is 10.2. The Hall–Kier alpha value is -1.69. The van der Waals surface area contributed by atoms with Crippen LogP contribution in [0.15, 0.2) is 22.8 Å². The van der Waals surface area contributed by atoms with E-state index in [1.807, 2.05) is 13.0 Å². The zero-order valence-corrected chi connectivity index (χ0v) is 6.16. The van der Waals surface area contributed by atoms with E-state index in [1.165, 1.54) is 6.08 Å². The molecule has 1 aromatic heterocycles. The third kappa shape index (κ3) is 1.41. The molecule has 0 saturated carbocycles. The lowest BCUT2D eigenvalue weighted by Crippen LogP contribution is -1.95. The van der Waals surface area contributed by atoms with Crippen LogP contribution in [0.3, 0.4) is 0 Å². The van der Waals surface area contributed by atoms with Crippen LogP contribution in [-0.2, 0) is 0 Å². The fourth-order valence-electron chi connectivity index (χ4n) is 0.804. The number of nitrogens with two attached hydrogens (primary N) is 1. The minimum atomic E-state index is 0.370. The molecule has 2 N–H and O–H groups in total. The van der Waals surface area contributed by atoms with Gasteiger partial charge in [-0.05, 0) is 18.6 Å². The van der Waals surface area contributed by atoms with Gasteiger partial charge < -0.3 is 10.2 Å². The van der Waals surface area contributed by atoms with E-state index in [0.717, 1.165) is 5.56 Å². The first-order chi connectivity index (χ1) is 5.25. The molecule has 0 bridgehead atoms. The van der Waals surface area contributed by atoms with E-state index >= 15 is 0 Å². The minimum absolute atomic E-state index is 0.370. The molecular formula is C8H8N2O. The van der Waals surface area contributed by atoms with Crippen molar-refractivity contribution in [1.82, 2.24) is 0 Å². The number of nitriles is 1. The lowest BCUT2D eigenvalue weighted by Gasteiger charge is -1.93. The normalized spacial score (nSPS) is 11.1. The Morgan fingerprint density at radius 2 is 2.55 bits per heavy atom. The molecular weight excluding hydrogens is 140 g/mol. The van der Waals surface area contributed by atoms with Crippen molar-refractivity contribution >= 4 is 5.70 Å². The monoisotopic (exact) mass is 148 g/mol. The first kappa shape index (κ1) is 7.42. The number of rotatable bonds is 1. The summed E-state index contributed by atoms with van der Waals surface area (Å²) in [5.41, 5.74) is 6.80. The van der Waals surface area contributed by atoms with E-state index in [2.05, 4.69) is 0 Å². The van der Waals surface area contributed by atoms with E-state index in [9.17, 15) is 0 Å². The number of furan rings is 1. The summed E-state index contributed by atoms with van der Waals surface area (Å²) >= 11 is 0. The predicted octanol–water partition coefficient (Wildman–Crippen LogP) is 1.41. The Morgan fingerprint density at radius 1 is 1.82 bits per heavy atom. The second-order valence-corrected chi connectivity index (χ2v) is 2.16. The number of hydrogen-bond donors (Lipinski definition) is 1. The van der Waals surface area contributed by atoms with Gasteiger partial charge in [-0.15, -0.1) is 0 Å². The Bertz CT molecular complexity index is 317. The van der Waals surface area contributed by atoms with E-state index in [4.69, 9.17) is 15.4 Å². The van der Waals surface area contributed by atoms with Gasteiger partial charge in [-0.1, -0.05) is 0 Å². The first-order valence-corrected chi connectivity index (χ1v) is 3.15.